The van der Waals surface area contributed by atoms with Crippen molar-refractivity contribution >= 4 is 38.5 Å². The number of halogens is 1. The van der Waals surface area contributed by atoms with Gasteiger partial charge in [0.1, 0.15) is 0 Å². The second kappa shape index (κ2) is 9.57. The third kappa shape index (κ3) is 6.11. The van der Waals surface area contributed by atoms with Crippen LogP contribution in [-0.2, 0) is 22.1 Å². The molecule has 0 bridgehead atoms. The maximum absolute atomic E-state index is 12.2. The van der Waals surface area contributed by atoms with Crippen molar-refractivity contribution in [1.29, 1.82) is 0 Å². The van der Waals surface area contributed by atoms with Crippen LogP contribution >= 0.6 is 15.9 Å². The van der Waals surface area contributed by atoms with E-state index in [0.717, 1.165) is 14.9 Å². The first-order valence-corrected chi connectivity index (χ1v) is 10.6. The van der Waals surface area contributed by atoms with Crippen LogP contribution < -0.4 is 5.32 Å². The van der Waals surface area contributed by atoms with E-state index in [2.05, 4.69) is 31.3 Å². The molecule has 1 unspecified atom stereocenters. The van der Waals surface area contributed by atoms with Gasteiger partial charge in [-0.3, -0.25) is 18.7 Å². The minimum Gasteiger partial charge on any atom is -0.309 e. The van der Waals surface area contributed by atoms with Gasteiger partial charge in [0.15, 0.2) is 5.82 Å². The molecule has 2 aromatic heterocycles. The topological polar surface area (TPSA) is 76.9 Å². The quantitative estimate of drug-likeness (QED) is 0.573. The van der Waals surface area contributed by atoms with Gasteiger partial charge in [-0.15, -0.1) is 0 Å². The van der Waals surface area contributed by atoms with Crippen molar-refractivity contribution in [3.05, 3.63) is 71.1 Å². The molecule has 0 fully saturated rings. The average Bonchev–Trinajstić information content (AvgIpc) is 3.09. The maximum atomic E-state index is 12.2. The summed E-state index contributed by atoms with van der Waals surface area (Å²) < 4.78 is 14.9. The lowest BCUT2D eigenvalue weighted by molar-refractivity contribution is -0.116. The van der Waals surface area contributed by atoms with E-state index >= 15 is 0 Å². The molecule has 1 aromatic carbocycles. The summed E-state index contributed by atoms with van der Waals surface area (Å²) in [7, 11) is -1.10. The fraction of sp³-hybridized carbons (Fsp3) is 0.211. The number of hydrogen-bond acceptors (Lipinski definition) is 4. The van der Waals surface area contributed by atoms with Crippen molar-refractivity contribution in [2.45, 2.75) is 24.3 Å². The number of amides is 1. The Kier molecular flexibility index (Phi) is 6.89. The van der Waals surface area contributed by atoms with Crippen LogP contribution in [-0.4, -0.2) is 30.6 Å². The Hall–Kier alpha value is -2.32. The van der Waals surface area contributed by atoms with Gasteiger partial charge in [-0.05, 0) is 48.4 Å². The zero-order valence-corrected chi connectivity index (χ0v) is 16.9. The minimum absolute atomic E-state index is 0.128. The highest BCUT2D eigenvalue weighted by atomic mass is 79.9. The van der Waals surface area contributed by atoms with Crippen LogP contribution in [0.4, 0.5) is 5.82 Å². The Labute approximate surface area is 168 Å². The Morgan fingerprint density at radius 3 is 2.59 bits per heavy atom. The van der Waals surface area contributed by atoms with Gasteiger partial charge < -0.3 is 5.32 Å². The molecule has 6 nitrogen and oxygen atoms in total. The number of hydrogen-bond donors (Lipinski definition) is 1. The average molecular weight is 447 g/mol. The number of pyridine rings is 1. The summed E-state index contributed by atoms with van der Waals surface area (Å²) in [5.41, 5.74) is 1.08. The van der Waals surface area contributed by atoms with Gasteiger partial charge in [-0.2, -0.15) is 5.10 Å². The first kappa shape index (κ1) is 19.4. The third-order valence-electron chi connectivity index (χ3n) is 3.81. The van der Waals surface area contributed by atoms with Crippen molar-refractivity contribution in [3.63, 3.8) is 0 Å². The summed E-state index contributed by atoms with van der Waals surface area (Å²) in [4.78, 5) is 16.8. The van der Waals surface area contributed by atoms with Crippen molar-refractivity contribution < 1.29 is 9.00 Å². The minimum atomic E-state index is -1.10. The number of nitrogens with zero attached hydrogens (tertiary/aromatic N) is 3. The summed E-state index contributed by atoms with van der Waals surface area (Å²) >= 11 is 3.36. The SMILES string of the molecule is O=C(CCCS(=O)c1ccc(Br)cc1)Nc1ccn(Cc2ccncc2)n1. The molecule has 0 saturated carbocycles. The highest BCUT2D eigenvalue weighted by Gasteiger charge is 2.08. The van der Waals surface area contributed by atoms with E-state index in [9.17, 15) is 9.00 Å². The molecule has 0 aliphatic heterocycles. The molecule has 1 amide bonds. The Bertz CT molecular complexity index is 913. The van der Waals surface area contributed by atoms with E-state index in [0.29, 0.717) is 31.0 Å². The molecule has 3 rings (SSSR count). The predicted molar refractivity (Wildman–Crippen MR) is 109 cm³/mol. The number of aromatic nitrogens is 3. The van der Waals surface area contributed by atoms with Crippen LogP contribution in [0.1, 0.15) is 18.4 Å². The fourth-order valence-corrected chi connectivity index (χ4v) is 3.81. The van der Waals surface area contributed by atoms with Crippen molar-refractivity contribution in [1.82, 2.24) is 14.8 Å². The summed E-state index contributed by atoms with van der Waals surface area (Å²) in [6, 6.07) is 13.0. The lowest BCUT2D eigenvalue weighted by Gasteiger charge is -2.04. The summed E-state index contributed by atoms with van der Waals surface area (Å²) in [5, 5.41) is 7.13. The van der Waals surface area contributed by atoms with Gasteiger partial charge >= 0.3 is 0 Å². The summed E-state index contributed by atoms with van der Waals surface area (Å²) in [6.07, 6.45) is 6.14. The monoisotopic (exact) mass is 446 g/mol. The Morgan fingerprint density at radius 1 is 1.11 bits per heavy atom. The molecular formula is C19H19BrN4O2S. The number of anilines is 1. The van der Waals surface area contributed by atoms with Gasteiger partial charge in [-0.25, -0.2) is 0 Å². The van der Waals surface area contributed by atoms with Crippen LogP contribution in [0.3, 0.4) is 0 Å². The lowest BCUT2D eigenvalue weighted by atomic mass is 10.3. The molecular weight excluding hydrogens is 428 g/mol. The number of benzene rings is 1. The molecule has 0 aliphatic rings. The van der Waals surface area contributed by atoms with E-state index in [1.807, 2.05) is 42.6 Å². The molecule has 140 valence electrons. The second-order valence-corrected chi connectivity index (χ2v) is 8.40. The van der Waals surface area contributed by atoms with Crippen molar-refractivity contribution in [2.24, 2.45) is 0 Å². The lowest BCUT2D eigenvalue weighted by Crippen LogP contribution is -2.13. The molecule has 2 heterocycles. The summed E-state index contributed by atoms with van der Waals surface area (Å²) in [6.45, 7) is 0.616. The van der Waals surface area contributed by atoms with Crippen molar-refractivity contribution in [3.8, 4) is 0 Å². The zero-order valence-electron chi connectivity index (χ0n) is 14.5. The number of rotatable bonds is 8. The molecule has 0 spiro atoms. The first-order valence-electron chi connectivity index (χ1n) is 8.46. The normalized spacial score (nSPS) is 11.9. The van der Waals surface area contributed by atoms with Crippen LogP contribution in [0.5, 0.6) is 0 Å². The molecule has 0 radical (unpaired) electrons. The second-order valence-electron chi connectivity index (χ2n) is 5.91. The zero-order chi connectivity index (χ0) is 19.1. The third-order valence-corrected chi connectivity index (χ3v) is 5.80. The van der Waals surface area contributed by atoms with Gasteiger partial charge in [-0.1, -0.05) is 15.9 Å². The van der Waals surface area contributed by atoms with Gasteiger partial charge in [0.05, 0.1) is 17.3 Å². The van der Waals surface area contributed by atoms with E-state index in [4.69, 9.17) is 0 Å². The van der Waals surface area contributed by atoms with Crippen LogP contribution in [0.25, 0.3) is 0 Å². The number of carbonyl (C=O) groups excluding carboxylic acids is 1. The number of nitrogens with one attached hydrogen (secondary N) is 1. The van der Waals surface area contributed by atoms with E-state index in [1.165, 1.54) is 0 Å². The van der Waals surface area contributed by atoms with Crippen molar-refractivity contribution in [2.75, 3.05) is 11.1 Å². The molecule has 1 N–H and O–H groups in total. The Balaban J connectivity index is 1.43. The van der Waals surface area contributed by atoms with E-state index in [-0.39, 0.29) is 5.91 Å². The Morgan fingerprint density at radius 2 is 1.85 bits per heavy atom. The largest absolute Gasteiger partial charge is 0.309 e. The van der Waals surface area contributed by atoms with Crippen LogP contribution in [0, 0.1) is 0 Å². The van der Waals surface area contributed by atoms with E-state index in [1.54, 1.807) is 23.1 Å². The van der Waals surface area contributed by atoms with Gasteiger partial charge in [0.2, 0.25) is 5.91 Å². The maximum Gasteiger partial charge on any atom is 0.225 e. The first-order chi connectivity index (χ1) is 13.1. The van der Waals surface area contributed by atoms with Gasteiger partial charge in [0.25, 0.3) is 0 Å². The fourth-order valence-electron chi connectivity index (χ4n) is 2.47. The summed E-state index contributed by atoms with van der Waals surface area (Å²) in [5.74, 6) is 0.839. The molecule has 27 heavy (non-hydrogen) atoms. The standard InChI is InChI=1S/C19H19BrN4O2S/c20-16-3-5-17(6-4-16)27(26)13-1-2-19(25)22-18-9-12-24(23-18)14-15-7-10-21-11-8-15/h3-12H,1-2,13-14H2,(H,22,23,25). The van der Waals surface area contributed by atoms with E-state index < -0.39 is 10.8 Å². The van der Waals surface area contributed by atoms with Gasteiger partial charge in [0, 0.05) is 46.2 Å². The molecule has 1 atom stereocenters. The highest BCUT2D eigenvalue weighted by molar-refractivity contribution is 9.10. The molecule has 8 heteroatoms. The molecule has 0 saturated heterocycles. The number of carbonyl (C=O) groups is 1. The molecule has 3 aromatic rings. The smallest absolute Gasteiger partial charge is 0.225 e. The van der Waals surface area contributed by atoms with Crippen LogP contribution in [0.2, 0.25) is 0 Å². The highest BCUT2D eigenvalue weighted by Crippen LogP contribution is 2.14. The van der Waals surface area contributed by atoms with Crippen LogP contribution in [0.15, 0.2) is 70.4 Å². The molecule has 0 aliphatic carbocycles. The predicted octanol–water partition coefficient (Wildman–Crippen LogP) is 3.62.